The van der Waals surface area contributed by atoms with Crippen molar-refractivity contribution < 1.29 is 19.7 Å². The Hall–Kier alpha value is -3.57. The summed E-state index contributed by atoms with van der Waals surface area (Å²) in [7, 11) is 3.98. The average Bonchev–Trinajstić information content (AvgIpc) is 2.77. The summed E-state index contributed by atoms with van der Waals surface area (Å²) in [5.74, 6) is 0.548. The van der Waals surface area contributed by atoms with Crippen LogP contribution in [-0.2, 0) is 11.2 Å². The number of phenols is 1. The Kier molecular flexibility index (Phi) is 7.46. The van der Waals surface area contributed by atoms with Crippen LogP contribution in [0.1, 0.15) is 16.7 Å². The quantitative estimate of drug-likeness (QED) is 0.303. The number of ketones is 1. The molecule has 0 fully saturated rings. The molecule has 0 radical (unpaired) electrons. The summed E-state index contributed by atoms with van der Waals surface area (Å²) >= 11 is 0. The Morgan fingerprint density at radius 1 is 0.871 bits per heavy atom. The smallest absolute Gasteiger partial charge is 0.171 e. The highest BCUT2D eigenvalue weighted by Crippen LogP contribution is 2.28. The number of aromatic hydroxyl groups is 1. The maximum absolute atomic E-state index is 13.2. The summed E-state index contributed by atoms with van der Waals surface area (Å²) in [6.07, 6.45) is 0.130. The molecule has 3 aromatic rings. The second kappa shape index (κ2) is 10.5. The van der Waals surface area contributed by atoms with E-state index < -0.39 is 0 Å². The van der Waals surface area contributed by atoms with Gasteiger partial charge in [-0.15, -0.1) is 0 Å². The number of Topliss-reactive ketones (excluding diaryl/α,β-unsaturated/α-hetero) is 1. The fraction of sp³-hybridized carbons (Fsp3) is 0.192. The van der Waals surface area contributed by atoms with E-state index in [9.17, 15) is 15.0 Å². The number of benzene rings is 3. The number of carbonyl (C=O) groups is 1. The van der Waals surface area contributed by atoms with E-state index in [1.54, 1.807) is 36.4 Å². The molecular weight excluding hydrogens is 390 g/mol. The van der Waals surface area contributed by atoms with Gasteiger partial charge < -0.3 is 19.8 Å². The molecule has 0 aliphatic rings. The zero-order chi connectivity index (χ0) is 22.2. The van der Waals surface area contributed by atoms with Gasteiger partial charge in [-0.3, -0.25) is 4.79 Å². The van der Waals surface area contributed by atoms with E-state index in [2.05, 4.69) is 0 Å². The van der Waals surface area contributed by atoms with Crippen LogP contribution in [-0.4, -0.2) is 48.1 Å². The van der Waals surface area contributed by atoms with Gasteiger partial charge in [0.25, 0.3) is 0 Å². The Labute approximate surface area is 182 Å². The molecule has 3 aromatic carbocycles. The number of nitrogens with zero attached hydrogens (tertiary/aromatic N) is 1. The van der Waals surface area contributed by atoms with Crippen molar-refractivity contribution >= 4 is 17.1 Å². The summed E-state index contributed by atoms with van der Waals surface area (Å²) in [5, 5.41) is 20.5. The number of rotatable bonds is 9. The van der Waals surface area contributed by atoms with Crippen LogP contribution >= 0.6 is 0 Å². The molecule has 0 bridgehead atoms. The molecule has 0 saturated heterocycles. The summed E-state index contributed by atoms with van der Waals surface area (Å²) < 4.78 is 5.70. The number of ether oxygens (including phenoxy) is 1. The third-order valence-corrected chi connectivity index (χ3v) is 4.81. The number of phenolic OH excluding ortho intramolecular Hbond substituents is 1. The van der Waals surface area contributed by atoms with Gasteiger partial charge in [0, 0.05) is 18.5 Å². The molecule has 0 aliphatic heterocycles. The minimum Gasteiger partial charge on any atom is -0.508 e. The molecular formula is C26H27NO4. The average molecular weight is 418 g/mol. The Bertz CT molecular complexity index is 1020. The van der Waals surface area contributed by atoms with Gasteiger partial charge >= 0.3 is 0 Å². The van der Waals surface area contributed by atoms with Gasteiger partial charge in [-0.05, 0) is 49.5 Å². The largest absolute Gasteiger partial charge is 0.508 e. The molecule has 0 aliphatic carbocycles. The van der Waals surface area contributed by atoms with Crippen molar-refractivity contribution in [3.63, 3.8) is 0 Å². The Morgan fingerprint density at radius 3 is 2.13 bits per heavy atom. The van der Waals surface area contributed by atoms with Crippen molar-refractivity contribution in [3.8, 4) is 11.5 Å². The van der Waals surface area contributed by atoms with Crippen molar-refractivity contribution in [2.45, 2.75) is 6.42 Å². The van der Waals surface area contributed by atoms with Crippen LogP contribution < -0.4 is 4.74 Å². The maximum Gasteiger partial charge on any atom is 0.171 e. The van der Waals surface area contributed by atoms with Crippen molar-refractivity contribution in [1.29, 1.82) is 0 Å². The zero-order valence-corrected chi connectivity index (χ0v) is 17.8. The van der Waals surface area contributed by atoms with E-state index >= 15 is 0 Å². The van der Waals surface area contributed by atoms with Crippen molar-refractivity contribution in [3.05, 3.63) is 95.6 Å². The minimum absolute atomic E-state index is 0.0834. The Balaban J connectivity index is 1.83. The number of allylic oxidation sites excluding steroid dienone is 1. The van der Waals surface area contributed by atoms with Gasteiger partial charge in [-0.1, -0.05) is 54.6 Å². The summed E-state index contributed by atoms with van der Waals surface area (Å²) in [4.78, 5) is 15.3. The molecule has 0 unspecified atom stereocenters. The van der Waals surface area contributed by atoms with Gasteiger partial charge in [-0.25, -0.2) is 0 Å². The molecule has 0 aromatic heterocycles. The number of hydrogen-bond acceptors (Lipinski definition) is 5. The number of hydrogen-bond donors (Lipinski definition) is 2. The topological polar surface area (TPSA) is 70.0 Å². The van der Waals surface area contributed by atoms with Crippen LogP contribution in [0.25, 0.3) is 11.3 Å². The Morgan fingerprint density at radius 2 is 1.52 bits per heavy atom. The maximum atomic E-state index is 13.2. The summed E-state index contributed by atoms with van der Waals surface area (Å²) in [6.45, 7) is 1.41. The van der Waals surface area contributed by atoms with Gasteiger partial charge in [0.05, 0.1) is 5.57 Å². The molecule has 3 rings (SSSR count). The molecule has 160 valence electrons. The highest BCUT2D eigenvalue weighted by molar-refractivity contribution is 6.27. The fourth-order valence-electron chi connectivity index (χ4n) is 3.12. The lowest BCUT2D eigenvalue weighted by molar-refractivity contribution is -0.113. The standard InChI is InChI=1S/C26H27NO4/c1-27(2)16-17-31-23-14-8-19(9-15-23)18-24(29)25(20-10-12-22(28)13-11-20)26(30)21-6-4-3-5-7-21/h3-15,28,30H,16-18H2,1-2H3/b26-25-. The third kappa shape index (κ3) is 6.20. The minimum atomic E-state index is -0.215. The van der Waals surface area contributed by atoms with E-state index in [-0.39, 0.29) is 29.3 Å². The molecule has 31 heavy (non-hydrogen) atoms. The summed E-state index contributed by atoms with van der Waals surface area (Å²) in [6, 6.07) is 22.6. The zero-order valence-electron chi connectivity index (χ0n) is 17.8. The van der Waals surface area contributed by atoms with E-state index in [1.165, 1.54) is 12.1 Å². The van der Waals surface area contributed by atoms with Gasteiger partial charge in [-0.2, -0.15) is 0 Å². The third-order valence-electron chi connectivity index (χ3n) is 4.81. The predicted molar refractivity (Wildman–Crippen MR) is 123 cm³/mol. The molecule has 5 heteroatoms. The molecule has 2 N–H and O–H groups in total. The van der Waals surface area contributed by atoms with Crippen LogP contribution in [0.4, 0.5) is 0 Å². The summed E-state index contributed by atoms with van der Waals surface area (Å²) in [5.41, 5.74) is 2.15. The van der Waals surface area contributed by atoms with Crippen LogP contribution in [0, 0.1) is 0 Å². The van der Waals surface area contributed by atoms with Crippen LogP contribution in [0.2, 0.25) is 0 Å². The first-order valence-corrected chi connectivity index (χ1v) is 10.1. The molecule has 0 amide bonds. The van der Waals surface area contributed by atoms with E-state index in [4.69, 9.17) is 4.74 Å². The van der Waals surface area contributed by atoms with Crippen molar-refractivity contribution in [2.75, 3.05) is 27.2 Å². The first-order valence-electron chi connectivity index (χ1n) is 10.1. The lowest BCUT2D eigenvalue weighted by Gasteiger charge is -2.13. The van der Waals surface area contributed by atoms with E-state index in [0.29, 0.717) is 17.7 Å². The second-order valence-corrected chi connectivity index (χ2v) is 7.53. The van der Waals surface area contributed by atoms with Crippen LogP contribution in [0.5, 0.6) is 11.5 Å². The highest BCUT2D eigenvalue weighted by Gasteiger charge is 2.19. The van der Waals surface area contributed by atoms with Crippen LogP contribution in [0.15, 0.2) is 78.9 Å². The SMILES string of the molecule is CN(C)CCOc1ccc(CC(=O)/C(=C(\O)c2ccccc2)c2ccc(O)cc2)cc1. The lowest BCUT2D eigenvalue weighted by Crippen LogP contribution is -2.19. The first-order chi connectivity index (χ1) is 14.9. The van der Waals surface area contributed by atoms with Gasteiger partial charge in [0.1, 0.15) is 23.9 Å². The fourth-order valence-corrected chi connectivity index (χ4v) is 3.12. The highest BCUT2D eigenvalue weighted by atomic mass is 16.5. The number of carbonyl (C=O) groups excluding carboxylic acids is 1. The van der Waals surface area contributed by atoms with Gasteiger partial charge in [0.2, 0.25) is 0 Å². The number of likely N-dealkylation sites (N-methyl/N-ethyl adjacent to an activating group) is 1. The predicted octanol–water partition coefficient (Wildman–Crippen LogP) is 4.57. The monoisotopic (exact) mass is 417 g/mol. The van der Waals surface area contributed by atoms with Gasteiger partial charge in [0.15, 0.2) is 5.78 Å². The van der Waals surface area contributed by atoms with Crippen molar-refractivity contribution in [2.24, 2.45) is 0 Å². The normalized spacial score (nSPS) is 11.8. The number of aliphatic hydroxyl groups excluding tert-OH is 1. The molecule has 0 heterocycles. The molecule has 5 nitrogen and oxygen atoms in total. The molecule has 0 spiro atoms. The van der Waals surface area contributed by atoms with Crippen LogP contribution in [0.3, 0.4) is 0 Å². The molecule has 0 atom stereocenters. The lowest BCUT2D eigenvalue weighted by atomic mass is 9.93. The molecule has 0 saturated carbocycles. The van der Waals surface area contributed by atoms with Crippen molar-refractivity contribution in [1.82, 2.24) is 4.90 Å². The second-order valence-electron chi connectivity index (χ2n) is 7.53. The van der Waals surface area contributed by atoms with E-state index in [0.717, 1.165) is 17.9 Å². The van der Waals surface area contributed by atoms with E-state index in [1.807, 2.05) is 49.3 Å². The first kappa shape index (κ1) is 22.1. The number of aliphatic hydroxyl groups is 1.